The van der Waals surface area contributed by atoms with Gasteiger partial charge in [0, 0.05) is 11.8 Å². The molecule has 1 aromatic carbocycles. The van der Waals surface area contributed by atoms with E-state index in [4.69, 9.17) is 23.2 Å². The van der Waals surface area contributed by atoms with Crippen LogP contribution < -0.4 is 5.32 Å². The molecule has 0 unspecified atom stereocenters. The van der Waals surface area contributed by atoms with Gasteiger partial charge >= 0.3 is 12.4 Å². The Hall–Kier alpha value is -2.79. The summed E-state index contributed by atoms with van der Waals surface area (Å²) in [6.07, 6.45) is -10.3. The number of rotatable bonds is 4. The van der Waals surface area contributed by atoms with Crippen LogP contribution in [0.4, 0.5) is 32.0 Å². The predicted molar refractivity (Wildman–Crippen MR) is 100 cm³/mol. The monoisotopic (exact) mass is 482 g/mol. The number of halogens is 8. The number of hydrogen-bond donors (Lipinski definition) is 1. The molecule has 31 heavy (non-hydrogen) atoms. The second-order valence-electron chi connectivity index (χ2n) is 6.16. The molecule has 13 heteroatoms. The van der Waals surface area contributed by atoms with E-state index in [2.05, 4.69) is 15.4 Å². The minimum atomic E-state index is -5.06. The van der Waals surface area contributed by atoms with Crippen molar-refractivity contribution in [1.82, 2.24) is 14.8 Å². The number of benzene rings is 1. The number of aromatic nitrogens is 3. The Kier molecular flexibility index (Phi) is 6.19. The van der Waals surface area contributed by atoms with E-state index < -0.39 is 29.6 Å². The van der Waals surface area contributed by atoms with E-state index in [1.165, 1.54) is 24.3 Å². The summed E-state index contributed by atoms with van der Waals surface area (Å²) in [7, 11) is 0. The third kappa shape index (κ3) is 5.47. The highest BCUT2D eigenvalue weighted by Crippen LogP contribution is 2.36. The third-order valence-electron chi connectivity index (χ3n) is 3.90. The van der Waals surface area contributed by atoms with Crippen LogP contribution in [0.5, 0.6) is 0 Å². The Morgan fingerprint density at radius 2 is 1.61 bits per heavy atom. The smallest absolute Gasteiger partial charge is 0.326 e. The molecule has 0 aliphatic rings. The molecule has 0 spiro atoms. The van der Waals surface area contributed by atoms with Crippen molar-refractivity contribution in [2.24, 2.45) is 0 Å². The van der Waals surface area contributed by atoms with Gasteiger partial charge in [0.2, 0.25) is 5.91 Å². The van der Waals surface area contributed by atoms with Gasteiger partial charge in [0.05, 0.1) is 22.8 Å². The Bertz CT molecular complexity index is 1110. The number of hydrogen-bond acceptors (Lipinski definition) is 3. The van der Waals surface area contributed by atoms with E-state index in [0.29, 0.717) is 0 Å². The van der Waals surface area contributed by atoms with Crippen molar-refractivity contribution in [2.45, 2.75) is 18.8 Å². The van der Waals surface area contributed by atoms with Gasteiger partial charge in [0.25, 0.3) is 0 Å². The number of nitrogens with one attached hydrogen (secondary N) is 1. The molecule has 1 N–H and O–H groups in total. The molecule has 5 nitrogen and oxygen atoms in total. The van der Waals surface area contributed by atoms with E-state index in [1.807, 2.05) is 0 Å². The number of anilines is 1. The molecule has 3 aromatic rings. The molecule has 0 bridgehead atoms. The van der Waals surface area contributed by atoms with Crippen LogP contribution in [-0.4, -0.2) is 20.7 Å². The van der Waals surface area contributed by atoms with Gasteiger partial charge in [0.15, 0.2) is 5.69 Å². The van der Waals surface area contributed by atoms with Gasteiger partial charge in [-0.1, -0.05) is 23.2 Å². The van der Waals surface area contributed by atoms with Crippen LogP contribution in [0.25, 0.3) is 5.69 Å². The van der Waals surface area contributed by atoms with Gasteiger partial charge in [-0.2, -0.15) is 31.4 Å². The van der Waals surface area contributed by atoms with Crippen LogP contribution in [0.15, 0.2) is 42.5 Å². The first-order valence-electron chi connectivity index (χ1n) is 8.30. The minimum absolute atomic E-state index is 0.0720. The number of pyridine rings is 1. The first-order valence-corrected chi connectivity index (χ1v) is 9.06. The average Bonchev–Trinajstić information content (AvgIpc) is 3.12. The zero-order chi connectivity index (χ0) is 23.0. The minimum Gasteiger partial charge on any atom is -0.326 e. The molecule has 0 saturated carbocycles. The summed E-state index contributed by atoms with van der Waals surface area (Å²) in [6.45, 7) is 0. The fourth-order valence-corrected chi connectivity index (χ4v) is 2.88. The molecule has 0 saturated heterocycles. The lowest BCUT2D eigenvalue weighted by Crippen LogP contribution is -2.16. The van der Waals surface area contributed by atoms with Gasteiger partial charge in [0.1, 0.15) is 10.8 Å². The summed E-state index contributed by atoms with van der Waals surface area (Å²) in [4.78, 5) is 16.1. The van der Waals surface area contributed by atoms with E-state index in [9.17, 15) is 31.1 Å². The lowest BCUT2D eigenvalue weighted by atomic mass is 10.2. The van der Waals surface area contributed by atoms with E-state index in [0.717, 1.165) is 12.1 Å². The molecule has 1 amide bonds. The molecule has 0 aliphatic carbocycles. The summed E-state index contributed by atoms with van der Waals surface area (Å²) in [5.41, 5.74) is -3.14. The van der Waals surface area contributed by atoms with Crippen LogP contribution in [0.3, 0.4) is 0 Å². The molecule has 0 radical (unpaired) electrons. The summed E-state index contributed by atoms with van der Waals surface area (Å²) < 4.78 is 78.0. The van der Waals surface area contributed by atoms with Crippen LogP contribution in [0, 0.1) is 0 Å². The Labute approximate surface area is 180 Å². The van der Waals surface area contributed by atoms with Crippen molar-refractivity contribution in [3.8, 4) is 5.69 Å². The van der Waals surface area contributed by atoms with Crippen LogP contribution in [0.1, 0.15) is 17.1 Å². The molecule has 3 rings (SSSR count). The van der Waals surface area contributed by atoms with Crippen molar-refractivity contribution < 1.29 is 31.1 Å². The highest BCUT2D eigenvalue weighted by Gasteiger charge is 2.42. The van der Waals surface area contributed by atoms with Gasteiger partial charge in [-0.15, -0.1) is 0 Å². The lowest BCUT2D eigenvalue weighted by molar-refractivity contribution is -0.143. The maximum atomic E-state index is 13.1. The number of carbonyl (C=O) groups is 1. The maximum absolute atomic E-state index is 13.1. The molecule has 2 heterocycles. The molecule has 0 atom stereocenters. The van der Waals surface area contributed by atoms with Gasteiger partial charge in [-0.05, 0) is 36.4 Å². The molecular weight excluding hydrogens is 473 g/mol. The fraction of sp³-hybridized carbons (Fsp3) is 0.167. The van der Waals surface area contributed by atoms with Crippen LogP contribution in [-0.2, 0) is 23.6 Å². The number of carbonyl (C=O) groups excluding carboxylic acids is 1. The van der Waals surface area contributed by atoms with Crippen molar-refractivity contribution in [3.63, 3.8) is 0 Å². The normalized spacial score (nSPS) is 12.1. The van der Waals surface area contributed by atoms with Crippen molar-refractivity contribution >= 4 is 34.8 Å². The van der Waals surface area contributed by atoms with E-state index in [1.54, 1.807) is 0 Å². The topological polar surface area (TPSA) is 59.8 Å². The third-order valence-corrected chi connectivity index (χ3v) is 4.45. The Balaban J connectivity index is 1.81. The van der Waals surface area contributed by atoms with Crippen molar-refractivity contribution in [3.05, 3.63) is 69.7 Å². The Morgan fingerprint density at radius 1 is 0.968 bits per heavy atom. The maximum Gasteiger partial charge on any atom is 0.435 e. The van der Waals surface area contributed by atoms with Gasteiger partial charge in [-0.3, -0.25) is 4.79 Å². The SMILES string of the molecule is O=C(Cc1nc(Cl)ccc1Cl)Nc1ccc(-n2nc(C(F)(F)F)cc2C(F)(F)F)cc1. The molecular formula is C18H10Cl2F6N4O. The first-order chi connectivity index (χ1) is 14.3. The number of alkyl halides is 6. The number of amides is 1. The largest absolute Gasteiger partial charge is 0.435 e. The molecule has 2 aromatic heterocycles. The average molecular weight is 483 g/mol. The Morgan fingerprint density at radius 3 is 2.19 bits per heavy atom. The standard InChI is InChI=1S/C18H10Cl2F6N4O/c19-11-5-6-15(20)28-12(11)7-16(31)27-9-1-3-10(4-2-9)30-14(18(24,25)26)8-13(29-30)17(21,22)23/h1-6,8H,7H2,(H,27,31). The second kappa shape index (κ2) is 8.39. The predicted octanol–water partition coefficient (Wildman–Crippen LogP) is 5.79. The number of nitrogens with zero attached hydrogens (tertiary/aromatic N) is 3. The van der Waals surface area contributed by atoms with Crippen LogP contribution in [0.2, 0.25) is 10.2 Å². The molecule has 0 fully saturated rings. The summed E-state index contributed by atoms with van der Waals surface area (Å²) in [5.74, 6) is -0.543. The van der Waals surface area contributed by atoms with E-state index >= 15 is 0 Å². The summed E-state index contributed by atoms with van der Waals surface area (Å²) >= 11 is 11.7. The fourth-order valence-electron chi connectivity index (χ4n) is 2.54. The lowest BCUT2D eigenvalue weighted by Gasteiger charge is -2.11. The highest BCUT2D eigenvalue weighted by atomic mass is 35.5. The highest BCUT2D eigenvalue weighted by molar-refractivity contribution is 6.32. The van der Waals surface area contributed by atoms with Gasteiger partial charge < -0.3 is 5.32 Å². The zero-order valence-electron chi connectivity index (χ0n) is 15.0. The van der Waals surface area contributed by atoms with E-state index in [-0.39, 0.29) is 44.4 Å². The van der Waals surface area contributed by atoms with Gasteiger partial charge in [-0.25, -0.2) is 9.67 Å². The van der Waals surface area contributed by atoms with Crippen LogP contribution >= 0.6 is 23.2 Å². The quantitative estimate of drug-likeness (QED) is 0.378. The zero-order valence-corrected chi connectivity index (χ0v) is 16.5. The molecule has 164 valence electrons. The van der Waals surface area contributed by atoms with Crippen molar-refractivity contribution in [1.29, 1.82) is 0 Å². The summed E-state index contributed by atoms with van der Waals surface area (Å²) in [5, 5.41) is 5.86. The van der Waals surface area contributed by atoms with Crippen molar-refractivity contribution in [2.75, 3.05) is 5.32 Å². The second-order valence-corrected chi connectivity index (χ2v) is 6.95. The first kappa shape index (κ1) is 22.9. The summed E-state index contributed by atoms with van der Waals surface area (Å²) in [6, 6.07) is 7.44. The molecule has 0 aliphatic heterocycles.